The van der Waals surface area contributed by atoms with E-state index in [2.05, 4.69) is 0 Å². The van der Waals surface area contributed by atoms with Crippen LogP contribution in [0.5, 0.6) is 0 Å². The van der Waals surface area contributed by atoms with E-state index in [4.69, 9.17) is 9.52 Å². The van der Waals surface area contributed by atoms with E-state index in [-0.39, 0.29) is 19.8 Å². The molecule has 3 nitrogen and oxygen atoms in total. The van der Waals surface area contributed by atoms with Gasteiger partial charge in [0, 0.05) is 7.43 Å². The van der Waals surface area contributed by atoms with Crippen LogP contribution >= 0.6 is 0 Å². The summed E-state index contributed by atoms with van der Waals surface area (Å²) >= 11 is 0. The maximum Gasteiger partial charge on any atom is 0.185 e. The lowest BCUT2D eigenvalue weighted by molar-refractivity contribution is 0.109. The average Bonchev–Trinajstić information content (AvgIpc) is 2.34. The van der Waals surface area contributed by atoms with Gasteiger partial charge >= 0.3 is 0 Å². The van der Waals surface area contributed by atoms with E-state index in [1.54, 1.807) is 6.07 Å². The molecule has 3 heteroatoms. The molecule has 0 aliphatic rings. The summed E-state index contributed by atoms with van der Waals surface area (Å²) in [6, 6.07) is 3.07. The van der Waals surface area contributed by atoms with E-state index in [1.165, 1.54) is 6.07 Å². The summed E-state index contributed by atoms with van der Waals surface area (Å²) in [5.41, 5.74) is 0. The fraction of sp³-hybridized carbons (Fsp3) is 0.143. The first kappa shape index (κ1) is 8.91. The summed E-state index contributed by atoms with van der Waals surface area (Å²) < 4.78 is 4.76. The van der Waals surface area contributed by atoms with Gasteiger partial charge in [-0.05, 0) is 12.1 Å². The predicted molar refractivity (Wildman–Crippen MR) is 33.3 cm³/mol. The van der Waals surface area contributed by atoms with Gasteiger partial charge in [0.05, 0.1) is 0 Å². The van der Waals surface area contributed by atoms with E-state index in [9.17, 15) is 4.79 Å². The van der Waals surface area contributed by atoms with Gasteiger partial charge in [0.25, 0.3) is 0 Å². The molecular formula is C7H6O3. The standard InChI is InChI=1S/C6H6O3.C/c7-3-5-1-2-6(4-8)9-5;/h1-3,8H,4H2;. The normalized spacial score (nSPS) is 8.50. The van der Waals surface area contributed by atoms with E-state index < -0.39 is 0 Å². The summed E-state index contributed by atoms with van der Waals surface area (Å²) in [5.74, 6) is 0.663. The monoisotopic (exact) mass is 138 g/mol. The minimum Gasteiger partial charge on any atom is -0.456 e. The van der Waals surface area contributed by atoms with Crippen molar-refractivity contribution in [1.29, 1.82) is 0 Å². The van der Waals surface area contributed by atoms with Gasteiger partial charge in [-0.15, -0.1) is 0 Å². The Morgan fingerprint density at radius 2 is 2.30 bits per heavy atom. The van der Waals surface area contributed by atoms with Gasteiger partial charge in [0.15, 0.2) is 12.0 Å². The van der Waals surface area contributed by atoms with Crippen LogP contribution in [0.1, 0.15) is 16.3 Å². The van der Waals surface area contributed by atoms with Crippen molar-refractivity contribution in [1.82, 2.24) is 0 Å². The lowest BCUT2D eigenvalue weighted by Crippen LogP contribution is -1.74. The van der Waals surface area contributed by atoms with Gasteiger partial charge in [0.1, 0.15) is 12.4 Å². The predicted octanol–water partition coefficient (Wildman–Crippen LogP) is 0.666. The van der Waals surface area contributed by atoms with Crippen molar-refractivity contribution >= 4 is 6.29 Å². The number of carbonyl (C=O) groups is 1. The van der Waals surface area contributed by atoms with Crippen molar-refractivity contribution < 1.29 is 14.3 Å². The van der Waals surface area contributed by atoms with E-state index in [1.807, 2.05) is 0 Å². The Labute approximate surface area is 59.3 Å². The molecular weight excluding hydrogens is 132 g/mol. The summed E-state index contributed by atoms with van der Waals surface area (Å²) in [7, 11) is 0. The van der Waals surface area contributed by atoms with Crippen molar-refractivity contribution in [3.8, 4) is 0 Å². The van der Waals surface area contributed by atoms with Gasteiger partial charge in [-0.25, -0.2) is 0 Å². The van der Waals surface area contributed by atoms with Gasteiger partial charge < -0.3 is 9.52 Å². The van der Waals surface area contributed by atoms with Crippen molar-refractivity contribution in [3.05, 3.63) is 31.1 Å². The molecule has 0 aliphatic heterocycles. The highest BCUT2D eigenvalue weighted by atomic mass is 16.4. The largest absolute Gasteiger partial charge is 0.456 e. The molecule has 0 bridgehead atoms. The molecule has 0 aromatic carbocycles. The Hall–Kier alpha value is -1.09. The van der Waals surface area contributed by atoms with Crippen LogP contribution in [0.2, 0.25) is 0 Å². The molecule has 1 N–H and O–H groups in total. The first-order chi connectivity index (χ1) is 4.36. The second-order valence-corrected chi connectivity index (χ2v) is 1.58. The Morgan fingerprint density at radius 1 is 1.60 bits per heavy atom. The van der Waals surface area contributed by atoms with Crippen molar-refractivity contribution in [2.24, 2.45) is 0 Å². The van der Waals surface area contributed by atoms with Crippen LogP contribution in [-0.2, 0) is 6.61 Å². The third kappa shape index (κ3) is 1.70. The Balaban J connectivity index is 0.000000810. The zero-order valence-corrected chi connectivity index (χ0v) is 5.20. The first-order valence-corrected chi connectivity index (χ1v) is 2.51. The maximum atomic E-state index is 9.96. The van der Waals surface area contributed by atoms with Crippen LogP contribution < -0.4 is 0 Å². The van der Waals surface area contributed by atoms with E-state index in [0.29, 0.717) is 12.0 Å². The smallest absolute Gasteiger partial charge is 0.185 e. The zero-order valence-electron chi connectivity index (χ0n) is 5.20. The van der Waals surface area contributed by atoms with Crippen molar-refractivity contribution in [3.63, 3.8) is 0 Å². The fourth-order valence-corrected chi connectivity index (χ4v) is 0.543. The number of hydrogen-bond donors (Lipinski definition) is 1. The second-order valence-electron chi connectivity index (χ2n) is 1.58. The van der Waals surface area contributed by atoms with Crippen LogP contribution in [-0.4, -0.2) is 11.4 Å². The lowest BCUT2D eigenvalue weighted by Gasteiger charge is -1.82. The summed E-state index contributed by atoms with van der Waals surface area (Å²) in [6.07, 6.45) is 0.596. The second kappa shape index (κ2) is 3.85. The number of furan rings is 1. The van der Waals surface area contributed by atoms with Crippen LogP contribution in [0, 0.1) is 7.43 Å². The number of hydrogen-bond acceptors (Lipinski definition) is 3. The molecule has 10 heavy (non-hydrogen) atoms. The molecule has 0 fully saturated rings. The van der Waals surface area contributed by atoms with Gasteiger partial charge in [-0.2, -0.15) is 0 Å². The molecule has 52 valence electrons. The molecule has 0 saturated heterocycles. The number of aliphatic hydroxyl groups excluding tert-OH is 1. The summed E-state index contributed by atoms with van der Waals surface area (Å²) in [5, 5.41) is 8.44. The van der Waals surface area contributed by atoms with Crippen molar-refractivity contribution in [2.75, 3.05) is 0 Å². The number of aldehydes is 1. The quantitative estimate of drug-likeness (QED) is 0.611. The SMILES string of the molecule is O=Cc1ccc(CO)o1.[C]. The highest BCUT2D eigenvalue weighted by Gasteiger charge is 1.96. The molecule has 1 aromatic heterocycles. The number of carbonyl (C=O) groups excluding carboxylic acids is 1. The minimum absolute atomic E-state index is 0. The van der Waals surface area contributed by atoms with Gasteiger partial charge in [0.2, 0.25) is 0 Å². The molecule has 1 rings (SSSR count). The van der Waals surface area contributed by atoms with Gasteiger partial charge in [-0.3, -0.25) is 4.79 Å². The topological polar surface area (TPSA) is 50.4 Å². The lowest BCUT2D eigenvalue weighted by atomic mass is 10.4. The van der Waals surface area contributed by atoms with Crippen LogP contribution in [0.4, 0.5) is 0 Å². The third-order valence-corrected chi connectivity index (χ3v) is 0.954. The Kier molecular flexibility index (Phi) is 3.43. The molecule has 1 heterocycles. The molecule has 4 radical (unpaired) electrons. The maximum absolute atomic E-state index is 9.96. The van der Waals surface area contributed by atoms with Gasteiger partial charge in [-0.1, -0.05) is 0 Å². The molecule has 0 spiro atoms. The highest BCUT2D eigenvalue weighted by Crippen LogP contribution is 2.03. The Bertz CT molecular complexity index is 202. The molecule has 0 saturated carbocycles. The molecule has 0 unspecified atom stereocenters. The van der Waals surface area contributed by atoms with Crippen LogP contribution in [0.15, 0.2) is 16.5 Å². The third-order valence-electron chi connectivity index (χ3n) is 0.954. The molecule has 1 aromatic rings. The number of rotatable bonds is 2. The Morgan fingerprint density at radius 3 is 2.60 bits per heavy atom. The zero-order chi connectivity index (χ0) is 6.69. The number of aliphatic hydroxyl groups is 1. The minimum atomic E-state index is -0.159. The van der Waals surface area contributed by atoms with Crippen LogP contribution in [0.3, 0.4) is 0 Å². The fourth-order valence-electron chi connectivity index (χ4n) is 0.543. The molecule has 0 amide bonds. The van der Waals surface area contributed by atoms with E-state index >= 15 is 0 Å². The first-order valence-electron chi connectivity index (χ1n) is 2.51. The van der Waals surface area contributed by atoms with E-state index in [0.717, 1.165) is 0 Å². The highest BCUT2D eigenvalue weighted by molar-refractivity contribution is 5.70. The summed E-state index contributed by atoms with van der Waals surface area (Å²) in [6.45, 7) is -0.159. The van der Waals surface area contributed by atoms with Crippen LogP contribution in [0.25, 0.3) is 0 Å². The average molecular weight is 138 g/mol. The molecule has 0 atom stereocenters. The molecule has 0 aliphatic carbocycles. The van der Waals surface area contributed by atoms with Crippen molar-refractivity contribution in [2.45, 2.75) is 6.61 Å². The summed E-state index contributed by atoms with van der Waals surface area (Å²) in [4.78, 5) is 9.96.